The number of carbonyl (C=O) groups excluding carboxylic acids is 1. The first-order valence-corrected chi connectivity index (χ1v) is 7.48. The lowest BCUT2D eigenvalue weighted by Gasteiger charge is -2.30. The van der Waals surface area contributed by atoms with Crippen LogP contribution in [0.2, 0.25) is 0 Å². The zero-order valence-corrected chi connectivity index (χ0v) is 12.4. The maximum Gasteiger partial charge on any atom is 0.319 e. The third-order valence-corrected chi connectivity index (χ3v) is 3.61. The Bertz CT molecular complexity index is 507. The Kier molecular flexibility index (Phi) is 5.97. The molecule has 1 aliphatic heterocycles. The second-order valence-electron chi connectivity index (χ2n) is 5.38. The van der Waals surface area contributed by atoms with Gasteiger partial charge in [-0.15, -0.1) is 0 Å². The molecule has 2 amide bonds. The topological polar surface area (TPSA) is 84.8 Å². The van der Waals surface area contributed by atoms with E-state index in [0.29, 0.717) is 5.69 Å². The minimum absolute atomic E-state index is 0.0727. The zero-order valence-electron chi connectivity index (χ0n) is 12.4. The Morgan fingerprint density at radius 3 is 2.73 bits per heavy atom. The van der Waals surface area contributed by atoms with Crippen LogP contribution in [0.25, 0.3) is 0 Å². The zero-order chi connectivity index (χ0) is 15.9. The van der Waals surface area contributed by atoms with Crippen molar-refractivity contribution in [3.8, 4) is 0 Å². The summed E-state index contributed by atoms with van der Waals surface area (Å²) < 4.78 is 13.5. The highest BCUT2D eigenvalue weighted by atomic mass is 19.1. The molecule has 0 aromatic heterocycles. The second-order valence-corrected chi connectivity index (χ2v) is 5.38. The van der Waals surface area contributed by atoms with Crippen molar-refractivity contribution in [1.29, 1.82) is 0 Å². The molecule has 1 fully saturated rings. The van der Waals surface area contributed by atoms with Crippen LogP contribution >= 0.6 is 0 Å². The SMILES string of the molecule is O=C(NCC(O)CO)Nc1cc(F)ccc1N1CCCCC1. The number of carbonyl (C=O) groups is 1. The number of aliphatic hydroxyl groups excluding tert-OH is 2. The minimum Gasteiger partial charge on any atom is -0.394 e. The molecule has 2 rings (SSSR count). The van der Waals surface area contributed by atoms with Crippen molar-refractivity contribution in [2.45, 2.75) is 25.4 Å². The van der Waals surface area contributed by atoms with Crippen LogP contribution in [0.15, 0.2) is 18.2 Å². The predicted molar refractivity (Wildman–Crippen MR) is 82.6 cm³/mol. The van der Waals surface area contributed by atoms with Gasteiger partial charge in [-0.3, -0.25) is 0 Å². The van der Waals surface area contributed by atoms with E-state index >= 15 is 0 Å². The number of halogens is 1. The standard InChI is InChI=1S/C15H22FN3O3/c16-11-4-5-14(19-6-2-1-3-7-19)13(8-11)18-15(22)17-9-12(21)10-20/h4-5,8,12,20-21H,1-3,6-7,9-10H2,(H2,17,18,22). The average Bonchev–Trinajstić information content (AvgIpc) is 2.53. The van der Waals surface area contributed by atoms with E-state index in [2.05, 4.69) is 15.5 Å². The number of hydrogen-bond acceptors (Lipinski definition) is 4. The van der Waals surface area contributed by atoms with Crippen molar-refractivity contribution >= 4 is 17.4 Å². The number of rotatable bonds is 5. The Hall–Kier alpha value is -1.86. The number of hydrogen-bond donors (Lipinski definition) is 4. The second kappa shape index (κ2) is 7.95. The van der Waals surface area contributed by atoms with Gasteiger partial charge in [-0.2, -0.15) is 0 Å². The fraction of sp³-hybridized carbons (Fsp3) is 0.533. The Labute approximate surface area is 128 Å². The first-order chi connectivity index (χ1) is 10.6. The van der Waals surface area contributed by atoms with Crippen molar-refractivity contribution in [2.75, 3.05) is 36.5 Å². The summed E-state index contributed by atoms with van der Waals surface area (Å²) in [6.45, 7) is 1.26. The fourth-order valence-electron chi connectivity index (χ4n) is 2.46. The van der Waals surface area contributed by atoms with E-state index in [1.54, 1.807) is 6.07 Å². The molecule has 0 spiro atoms. The molecule has 0 radical (unpaired) electrons. The quantitative estimate of drug-likeness (QED) is 0.660. The highest BCUT2D eigenvalue weighted by Gasteiger charge is 2.16. The van der Waals surface area contributed by atoms with E-state index in [1.165, 1.54) is 18.6 Å². The molecule has 1 aliphatic rings. The lowest BCUT2D eigenvalue weighted by Crippen LogP contribution is -2.37. The molecule has 6 nitrogen and oxygen atoms in total. The first-order valence-electron chi connectivity index (χ1n) is 7.48. The highest BCUT2D eigenvalue weighted by Crippen LogP contribution is 2.29. The summed E-state index contributed by atoms with van der Waals surface area (Å²) in [5.74, 6) is -0.425. The molecule has 1 aromatic rings. The van der Waals surface area contributed by atoms with E-state index in [4.69, 9.17) is 5.11 Å². The van der Waals surface area contributed by atoms with Gasteiger partial charge in [-0.1, -0.05) is 0 Å². The number of anilines is 2. The maximum atomic E-state index is 13.5. The van der Waals surface area contributed by atoms with Gasteiger partial charge in [0.2, 0.25) is 0 Å². The summed E-state index contributed by atoms with van der Waals surface area (Å²) in [5, 5.41) is 23.0. The summed E-state index contributed by atoms with van der Waals surface area (Å²) >= 11 is 0. The van der Waals surface area contributed by atoms with Crippen molar-refractivity contribution in [3.63, 3.8) is 0 Å². The third kappa shape index (κ3) is 4.57. The number of amides is 2. The molecular weight excluding hydrogens is 289 g/mol. The van der Waals surface area contributed by atoms with Crippen molar-refractivity contribution in [1.82, 2.24) is 5.32 Å². The monoisotopic (exact) mass is 311 g/mol. The number of nitrogens with one attached hydrogen (secondary N) is 2. The molecule has 122 valence electrons. The summed E-state index contributed by atoms with van der Waals surface area (Å²) in [4.78, 5) is 13.9. The normalized spacial score (nSPS) is 16.2. The lowest BCUT2D eigenvalue weighted by atomic mass is 10.1. The summed E-state index contributed by atoms with van der Waals surface area (Å²) in [7, 11) is 0. The van der Waals surface area contributed by atoms with Gasteiger partial charge in [0.15, 0.2) is 0 Å². The van der Waals surface area contributed by atoms with Crippen molar-refractivity contribution < 1.29 is 19.4 Å². The van der Waals surface area contributed by atoms with Gasteiger partial charge >= 0.3 is 6.03 Å². The largest absolute Gasteiger partial charge is 0.394 e. The number of nitrogens with zero attached hydrogens (tertiary/aromatic N) is 1. The Morgan fingerprint density at radius 2 is 2.05 bits per heavy atom. The maximum absolute atomic E-state index is 13.5. The summed E-state index contributed by atoms with van der Waals surface area (Å²) in [5.41, 5.74) is 1.19. The van der Waals surface area contributed by atoms with Crippen LogP contribution in [0.5, 0.6) is 0 Å². The number of benzene rings is 1. The molecule has 1 saturated heterocycles. The molecule has 7 heteroatoms. The Balaban J connectivity index is 2.05. The lowest BCUT2D eigenvalue weighted by molar-refractivity contribution is 0.0965. The van der Waals surface area contributed by atoms with E-state index in [9.17, 15) is 14.3 Å². The van der Waals surface area contributed by atoms with E-state index in [0.717, 1.165) is 31.6 Å². The van der Waals surface area contributed by atoms with Gasteiger partial charge in [-0.05, 0) is 37.5 Å². The first kappa shape index (κ1) is 16.5. The van der Waals surface area contributed by atoms with Gasteiger partial charge in [-0.25, -0.2) is 9.18 Å². The average molecular weight is 311 g/mol. The van der Waals surface area contributed by atoms with Crippen LogP contribution in [-0.4, -0.2) is 48.6 Å². The molecule has 1 unspecified atom stereocenters. The fourth-order valence-corrected chi connectivity index (χ4v) is 2.46. The molecule has 1 atom stereocenters. The van der Waals surface area contributed by atoms with Gasteiger partial charge < -0.3 is 25.7 Å². The van der Waals surface area contributed by atoms with Crippen LogP contribution in [0.3, 0.4) is 0 Å². The molecule has 0 bridgehead atoms. The van der Waals surface area contributed by atoms with E-state index < -0.39 is 24.6 Å². The third-order valence-electron chi connectivity index (χ3n) is 3.61. The molecule has 4 N–H and O–H groups in total. The molecule has 0 aliphatic carbocycles. The van der Waals surface area contributed by atoms with Gasteiger partial charge in [0.1, 0.15) is 5.82 Å². The van der Waals surface area contributed by atoms with Crippen LogP contribution in [0, 0.1) is 5.82 Å². The predicted octanol–water partition coefficient (Wildman–Crippen LogP) is 1.29. The van der Waals surface area contributed by atoms with Crippen molar-refractivity contribution in [3.05, 3.63) is 24.0 Å². The number of piperidine rings is 1. The molecular formula is C15H22FN3O3. The van der Waals surface area contributed by atoms with Crippen LogP contribution in [-0.2, 0) is 0 Å². The molecule has 1 heterocycles. The minimum atomic E-state index is -1.01. The van der Waals surface area contributed by atoms with E-state index in [-0.39, 0.29) is 6.54 Å². The number of urea groups is 1. The smallest absolute Gasteiger partial charge is 0.319 e. The molecule has 1 aromatic carbocycles. The highest BCUT2D eigenvalue weighted by molar-refractivity contribution is 5.93. The number of aliphatic hydroxyl groups is 2. The van der Waals surface area contributed by atoms with Gasteiger partial charge in [0.05, 0.1) is 24.1 Å². The van der Waals surface area contributed by atoms with Gasteiger partial charge in [0.25, 0.3) is 0 Å². The van der Waals surface area contributed by atoms with Crippen molar-refractivity contribution in [2.24, 2.45) is 0 Å². The van der Waals surface area contributed by atoms with Crippen LogP contribution in [0.1, 0.15) is 19.3 Å². The summed E-state index contributed by atoms with van der Waals surface area (Å²) in [6, 6.07) is 3.78. The van der Waals surface area contributed by atoms with Gasteiger partial charge in [0, 0.05) is 19.6 Å². The summed E-state index contributed by atoms with van der Waals surface area (Å²) in [6.07, 6.45) is 2.32. The van der Waals surface area contributed by atoms with E-state index in [1.807, 2.05) is 0 Å². The molecule has 22 heavy (non-hydrogen) atoms. The Morgan fingerprint density at radius 1 is 1.32 bits per heavy atom. The van der Waals surface area contributed by atoms with Crippen LogP contribution < -0.4 is 15.5 Å². The van der Waals surface area contributed by atoms with Crippen LogP contribution in [0.4, 0.5) is 20.6 Å². The molecule has 0 saturated carbocycles.